The van der Waals surface area contributed by atoms with Crippen LogP contribution in [-0.4, -0.2) is 38.4 Å². The van der Waals surface area contributed by atoms with Gasteiger partial charge in [-0.1, -0.05) is 0 Å². The molecule has 0 saturated heterocycles. The van der Waals surface area contributed by atoms with Gasteiger partial charge in [-0.05, 0) is 32.0 Å². The number of carbonyl (C=O) groups excluding carboxylic acids is 3. The van der Waals surface area contributed by atoms with Gasteiger partial charge >= 0.3 is 0 Å². The van der Waals surface area contributed by atoms with Gasteiger partial charge in [-0.3, -0.25) is 24.0 Å². The first-order valence-electron chi connectivity index (χ1n) is 7.60. The molecule has 1 aliphatic heterocycles. The summed E-state index contributed by atoms with van der Waals surface area (Å²) in [4.78, 5) is 38.3. The van der Waals surface area contributed by atoms with Crippen molar-refractivity contribution < 1.29 is 14.4 Å². The van der Waals surface area contributed by atoms with Gasteiger partial charge in [0, 0.05) is 18.7 Å². The lowest BCUT2D eigenvalue weighted by Crippen LogP contribution is -2.35. The molecule has 0 atom stereocenters. The molecule has 1 N–H and O–H groups in total. The van der Waals surface area contributed by atoms with Crippen LogP contribution in [0.1, 0.15) is 50.5 Å². The first-order valence-corrected chi connectivity index (χ1v) is 7.60. The van der Waals surface area contributed by atoms with Crippen LogP contribution in [0.3, 0.4) is 0 Å². The monoisotopic (exact) mass is 337 g/mol. The molecule has 0 bridgehead atoms. The lowest BCUT2D eigenvalue weighted by molar-refractivity contribution is 0.0609. The van der Waals surface area contributed by atoms with E-state index in [1.54, 1.807) is 20.9 Å². The molecule has 3 amide bonds. The highest BCUT2D eigenvalue weighted by atomic mass is 16.2. The predicted octanol–water partition coefficient (Wildman–Crippen LogP) is 1.55. The van der Waals surface area contributed by atoms with Crippen molar-refractivity contribution in [2.45, 2.75) is 19.9 Å². The topological polar surface area (TPSA) is 108 Å². The van der Waals surface area contributed by atoms with Gasteiger partial charge in [-0.15, -0.1) is 0 Å². The lowest BCUT2D eigenvalue weighted by Gasteiger charge is -2.17. The summed E-state index contributed by atoms with van der Waals surface area (Å²) in [5, 5.41) is 15.6. The van der Waals surface area contributed by atoms with Gasteiger partial charge in [-0.2, -0.15) is 10.4 Å². The second-order valence-electron chi connectivity index (χ2n) is 5.93. The Morgan fingerprint density at radius 1 is 1.24 bits per heavy atom. The summed E-state index contributed by atoms with van der Waals surface area (Å²) in [5.74, 6) is -1.01. The number of imide groups is 1. The average molecular weight is 337 g/mol. The van der Waals surface area contributed by atoms with Crippen LogP contribution >= 0.6 is 0 Å². The molecule has 8 heteroatoms. The van der Waals surface area contributed by atoms with E-state index in [1.807, 2.05) is 6.07 Å². The van der Waals surface area contributed by atoms with E-state index in [0.717, 1.165) is 0 Å². The zero-order valence-electron chi connectivity index (χ0n) is 13.9. The number of hydrogen-bond acceptors (Lipinski definition) is 5. The number of amides is 3. The number of fused-ring (bicyclic) bond motifs is 1. The van der Waals surface area contributed by atoms with Crippen molar-refractivity contribution in [2.75, 3.05) is 5.32 Å². The summed E-state index contributed by atoms with van der Waals surface area (Å²) in [6, 6.07) is 6.03. The molecule has 0 radical (unpaired) electrons. The number of carbonyl (C=O) groups is 3. The summed E-state index contributed by atoms with van der Waals surface area (Å²) < 4.78 is 1.37. The first-order chi connectivity index (χ1) is 11.8. The summed E-state index contributed by atoms with van der Waals surface area (Å²) in [6.45, 7) is 3.50. The number of benzene rings is 1. The molecule has 0 saturated carbocycles. The van der Waals surface area contributed by atoms with Crippen LogP contribution in [0.25, 0.3) is 0 Å². The summed E-state index contributed by atoms with van der Waals surface area (Å²) in [7, 11) is 1.60. The van der Waals surface area contributed by atoms with Gasteiger partial charge in [0.2, 0.25) is 0 Å². The molecule has 0 aliphatic carbocycles. The maximum absolute atomic E-state index is 12.5. The third-order valence-electron chi connectivity index (χ3n) is 3.99. The van der Waals surface area contributed by atoms with E-state index in [-0.39, 0.29) is 40.0 Å². The van der Waals surface area contributed by atoms with Gasteiger partial charge < -0.3 is 5.32 Å². The smallest absolute Gasteiger partial charge is 0.261 e. The van der Waals surface area contributed by atoms with Crippen molar-refractivity contribution in [3.63, 3.8) is 0 Å². The fourth-order valence-corrected chi connectivity index (χ4v) is 2.72. The normalized spacial score (nSPS) is 13.2. The quantitative estimate of drug-likeness (QED) is 0.855. The molecule has 2 heterocycles. The van der Waals surface area contributed by atoms with Crippen molar-refractivity contribution in [2.24, 2.45) is 7.05 Å². The Morgan fingerprint density at radius 3 is 2.56 bits per heavy atom. The lowest BCUT2D eigenvalue weighted by atomic mass is 10.1. The Morgan fingerprint density at radius 2 is 1.92 bits per heavy atom. The first kappa shape index (κ1) is 16.4. The number of nitriles is 1. The molecule has 8 nitrogen and oxygen atoms in total. The van der Waals surface area contributed by atoms with E-state index in [1.165, 1.54) is 34.0 Å². The van der Waals surface area contributed by atoms with E-state index in [0.29, 0.717) is 0 Å². The third-order valence-corrected chi connectivity index (χ3v) is 3.99. The van der Waals surface area contributed by atoms with Gasteiger partial charge in [0.25, 0.3) is 17.7 Å². The van der Waals surface area contributed by atoms with Gasteiger partial charge in [-0.25, -0.2) is 0 Å². The second-order valence-corrected chi connectivity index (χ2v) is 5.93. The van der Waals surface area contributed by atoms with Crippen molar-refractivity contribution in [3.8, 4) is 6.07 Å². The van der Waals surface area contributed by atoms with E-state index in [4.69, 9.17) is 5.26 Å². The predicted molar refractivity (Wildman–Crippen MR) is 88.0 cm³/mol. The van der Waals surface area contributed by atoms with Crippen molar-refractivity contribution in [3.05, 3.63) is 46.6 Å². The molecule has 0 spiro atoms. The van der Waals surface area contributed by atoms with E-state index >= 15 is 0 Å². The Hall–Kier alpha value is -3.47. The van der Waals surface area contributed by atoms with Crippen molar-refractivity contribution >= 4 is 23.5 Å². The molecule has 0 fully saturated rings. The highest BCUT2D eigenvalue weighted by molar-refractivity contribution is 6.22. The molecular weight excluding hydrogens is 322 g/mol. The second kappa shape index (κ2) is 5.87. The number of rotatable bonds is 3. The minimum atomic E-state index is -0.494. The number of hydrogen-bond donors (Lipinski definition) is 1. The van der Waals surface area contributed by atoms with Crippen molar-refractivity contribution in [1.29, 1.82) is 5.26 Å². The van der Waals surface area contributed by atoms with Crippen LogP contribution in [0.2, 0.25) is 0 Å². The highest BCUT2D eigenvalue weighted by Gasteiger charge is 2.37. The molecule has 1 aromatic carbocycles. The van der Waals surface area contributed by atoms with E-state index in [2.05, 4.69) is 10.4 Å². The Labute approximate surface area is 143 Å². The van der Waals surface area contributed by atoms with Crippen LogP contribution in [-0.2, 0) is 7.05 Å². The van der Waals surface area contributed by atoms with Crippen LogP contribution < -0.4 is 5.32 Å². The number of nitrogens with zero attached hydrogens (tertiary/aromatic N) is 4. The summed E-state index contributed by atoms with van der Waals surface area (Å²) >= 11 is 0. The fourth-order valence-electron chi connectivity index (χ4n) is 2.72. The molecule has 2 aromatic rings. The van der Waals surface area contributed by atoms with Gasteiger partial charge in [0.15, 0.2) is 0 Å². The van der Waals surface area contributed by atoms with Gasteiger partial charge in [0.05, 0.1) is 17.3 Å². The molecule has 1 aromatic heterocycles. The summed E-state index contributed by atoms with van der Waals surface area (Å²) in [5.41, 5.74) is 0.940. The van der Waals surface area contributed by atoms with Crippen LogP contribution in [0, 0.1) is 11.3 Å². The standard InChI is InChI=1S/C17H15N5O3/c1-9(2)22-16(24)12-5-4-10(6-13(12)17(22)25)15(23)20-14-11(7-18)8-19-21(14)3/h4-6,8-9H,1-3H3,(H,20,23). The zero-order chi connectivity index (χ0) is 18.3. The maximum Gasteiger partial charge on any atom is 0.261 e. The number of aromatic nitrogens is 2. The Kier molecular flexibility index (Phi) is 3.85. The molecule has 1 aliphatic rings. The van der Waals surface area contributed by atoms with Crippen LogP contribution in [0.15, 0.2) is 24.4 Å². The largest absolute Gasteiger partial charge is 0.306 e. The van der Waals surface area contributed by atoms with Gasteiger partial charge in [0.1, 0.15) is 17.5 Å². The minimum Gasteiger partial charge on any atom is -0.306 e. The molecule has 0 unspecified atom stereocenters. The zero-order valence-corrected chi connectivity index (χ0v) is 13.9. The number of anilines is 1. The van der Waals surface area contributed by atoms with E-state index < -0.39 is 11.8 Å². The number of nitrogens with one attached hydrogen (secondary N) is 1. The molecule has 3 rings (SSSR count). The van der Waals surface area contributed by atoms with Crippen molar-refractivity contribution in [1.82, 2.24) is 14.7 Å². The maximum atomic E-state index is 12.5. The minimum absolute atomic E-state index is 0.205. The van der Waals surface area contributed by atoms with Crippen LogP contribution in [0.4, 0.5) is 5.82 Å². The average Bonchev–Trinajstić information content (AvgIpc) is 3.05. The fraction of sp³-hybridized carbons (Fsp3) is 0.235. The molecular formula is C17H15N5O3. The highest BCUT2D eigenvalue weighted by Crippen LogP contribution is 2.26. The van der Waals surface area contributed by atoms with Crippen LogP contribution in [0.5, 0.6) is 0 Å². The third kappa shape index (κ3) is 2.55. The molecule has 25 heavy (non-hydrogen) atoms. The summed E-state index contributed by atoms with van der Waals surface area (Å²) in [6.07, 6.45) is 1.35. The SMILES string of the molecule is CC(C)N1C(=O)c2ccc(C(=O)Nc3c(C#N)cnn3C)cc2C1=O. The Bertz CT molecular complexity index is 952. The molecule has 126 valence electrons. The number of aryl methyl sites for hydroxylation is 1. The van der Waals surface area contributed by atoms with E-state index in [9.17, 15) is 14.4 Å². The Balaban J connectivity index is 1.93.